The summed E-state index contributed by atoms with van der Waals surface area (Å²) in [6, 6.07) is 11.8. The minimum absolute atomic E-state index is 0.717. The van der Waals surface area contributed by atoms with Crippen LogP contribution in [0.1, 0.15) is 43.7 Å². The van der Waals surface area contributed by atoms with Crippen LogP contribution in [0, 0.1) is 6.92 Å². The lowest BCUT2D eigenvalue weighted by atomic mass is 9.94. The minimum Gasteiger partial charge on any atom is -0.196 e. The standard InChI is InChI=1S/C16H20N/c1-13-11-12-17(14-7-3-2-4-8-14)16-10-6-5-9-15(13)16/h5-6,9-12,14H,2-4,7-8H2,1H3/q+1. The maximum atomic E-state index is 2.50. The Balaban J connectivity index is 2.12. The minimum atomic E-state index is 0.717. The number of nitrogens with zero attached hydrogens (tertiary/aromatic N) is 1. The van der Waals surface area contributed by atoms with Gasteiger partial charge in [0, 0.05) is 30.4 Å². The van der Waals surface area contributed by atoms with Crippen molar-refractivity contribution < 1.29 is 4.57 Å². The predicted octanol–water partition coefficient (Wildman–Crippen LogP) is 3.94. The normalized spacial score (nSPS) is 17.5. The second-order valence-corrected chi connectivity index (χ2v) is 5.22. The average Bonchev–Trinajstić information content (AvgIpc) is 2.41. The molecule has 0 saturated heterocycles. The van der Waals surface area contributed by atoms with E-state index in [0.29, 0.717) is 6.04 Å². The Labute approximate surface area is 103 Å². The first kappa shape index (κ1) is 10.8. The molecule has 1 nitrogen and oxygen atoms in total. The van der Waals surface area contributed by atoms with E-state index in [0.717, 1.165) is 0 Å². The van der Waals surface area contributed by atoms with Gasteiger partial charge in [0.1, 0.15) is 0 Å². The smallest absolute Gasteiger partial charge is 0.196 e. The molecule has 17 heavy (non-hydrogen) atoms. The van der Waals surface area contributed by atoms with Gasteiger partial charge in [0.2, 0.25) is 5.52 Å². The zero-order chi connectivity index (χ0) is 11.7. The molecule has 0 aliphatic heterocycles. The maximum Gasteiger partial charge on any atom is 0.212 e. The van der Waals surface area contributed by atoms with Crippen LogP contribution in [0.4, 0.5) is 0 Å². The molecule has 1 heterocycles. The topological polar surface area (TPSA) is 3.88 Å². The molecule has 3 rings (SSSR count). The van der Waals surface area contributed by atoms with Gasteiger partial charge in [-0.1, -0.05) is 18.6 Å². The summed E-state index contributed by atoms with van der Waals surface area (Å²) in [5.41, 5.74) is 2.78. The SMILES string of the molecule is Cc1cc[n+](C2CCCCC2)c2ccccc12. The first-order valence-corrected chi connectivity index (χ1v) is 6.76. The van der Waals surface area contributed by atoms with Crippen LogP contribution < -0.4 is 4.57 Å². The van der Waals surface area contributed by atoms with Crippen LogP contribution in [-0.4, -0.2) is 0 Å². The maximum absolute atomic E-state index is 2.50. The van der Waals surface area contributed by atoms with E-state index in [1.165, 1.54) is 48.6 Å². The number of hydrogen-bond acceptors (Lipinski definition) is 0. The summed E-state index contributed by atoms with van der Waals surface area (Å²) < 4.78 is 2.50. The summed E-state index contributed by atoms with van der Waals surface area (Å²) >= 11 is 0. The third-order valence-electron chi connectivity index (χ3n) is 4.06. The Morgan fingerprint density at radius 3 is 2.59 bits per heavy atom. The van der Waals surface area contributed by atoms with Gasteiger partial charge in [-0.25, -0.2) is 0 Å². The fraction of sp³-hybridized carbons (Fsp3) is 0.438. The Bertz CT molecular complexity index is 524. The molecule has 2 aromatic rings. The summed E-state index contributed by atoms with van der Waals surface area (Å²) in [7, 11) is 0. The average molecular weight is 226 g/mol. The van der Waals surface area contributed by atoms with Gasteiger partial charge in [0.15, 0.2) is 12.2 Å². The number of hydrogen-bond donors (Lipinski definition) is 0. The number of para-hydroxylation sites is 1. The molecule has 1 aromatic carbocycles. The van der Waals surface area contributed by atoms with Crippen LogP contribution in [0.5, 0.6) is 0 Å². The highest BCUT2D eigenvalue weighted by Crippen LogP contribution is 2.25. The predicted molar refractivity (Wildman–Crippen MR) is 71.0 cm³/mol. The zero-order valence-corrected chi connectivity index (χ0v) is 10.5. The molecule has 1 heteroatoms. The molecule has 0 bridgehead atoms. The van der Waals surface area contributed by atoms with E-state index in [2.05, 4.69) is 48.0 Å². The van der Waals surface area contributed by atoms with Crippen molar-refractivity contribution in [1.82, 2.24) is 0 Å². The zero-order valence-electron chi connectivity index (χ0n) is 10.5. The van der Waals surface area contributed by atoms with E-state index in [1.807, 2.05) is 0 Å². The molecular weight excluding hydrogens is 206 g/mol. The molecule has 1 fully saturated rings. The lowest BCUT2D eigenvalue weighted by molar-refractivity contribution is -0.701. The van der Waals surface area contributed by atoms with Gasteiger partial charge in [0.05, 0.1) is 0 Å². The Hall–Kier alpha value is -1.37. The lowest BCUT2D eigenvalue weighted by Crippen LogP contribution is -2.41. The Morgan fingerprint density at radius 1 is 1.00 bits per heavy atom. The van der Waals surface area contributed by atoms with Crippen LogP contribution >= 0.6 is 0 Å². The summed E-state index contributed by atoms with van der Waals surface area (Å²) in [6.45, 7) is 2.20. The highest BCUT2D eigenvalue weighted by atomic mass is 15.0. The van der Waals surface area contributed by atoms with Gasteiger partial charge in [-0.05, 0) is 31.4 Å². The van der Waals surface area contributed by atoms with Crippen molar-refractivity contribution in [2.75, 3.05) is 0 Å². The van der Waals surface area contributed by atoms with Gasteiger partial charge >= 0.3 is 0 Å². The molecule has 0 amide bonds. The molecule has 0 radical (unpaired) electrons. The van der Waals surface area contributed by atoms with Crippen LogP contribution in [0.2, 0.25) is 0 Å². The largest absolute Gasteiger partial charge is 0.212 e. The number of benzene rings is 1. The molecule has 1 aromatic heterocycles. The summed E-state index contributed by atoms with van der Waals surface area (Å²) in [5.74, 6) is 0. The second kappa shape index (κ2) is 4.48. The van der Waals surface area contributed by atoms with Gasteiger partial charge in [0.25, 0.3) is 0 Å². The van der Waals surface area contributed by atoms with E-state index >= 15 is 0 Å². The molecule has 1 aliphatic rings. The van der Waals surface area contributed by atoms with Crippen molar-refractivity contribution in [2.45, 2.75) is 45.1 Å². The van der Waals surface area contributed by atoms with Crippen LogP contribution in [0.25, 0.3) is 10.9 Å². The fourth-order valence-electron chi connectivity index (χ4n) is 3.07. The lowest BCUT2D eigenvalue weighted by Gasteiger charge is -2.18. The molecule has 1 aliphatic carbocycles. The van der Waals surface area contributed by atoms with Gasteiger partial charge in [-0.15, -0.1) is 0 Å². The number of rotatable bonds is 1. The van der Waals surface area contributed by atoms with Crippen LogP contribution in [-0.2, 0) is 0 Å². The Kier molecular flexibility index (Phi) is 2.84. The summed E-state index contributed by atoms with van der Waals surface area (Å²) in [5, 5.41) is 1.40. The third-order valence-corrected chi connectivity index (χ3v) is 4.06. The number of aromatic nitrogens is 1. The van der Waals surface area contributed by atoms with Gasteiger partial charge in [-0.2, -0.15) is 4.57 Å². The monoisotopic (exact) mass is 226 g/mol. The molecule has 88 valence electrons. The second-order valence-electron chi connectivity index (χ2n) is 5.22. The van der Waals surface area contributed by atoms with E-state index in [9.17, 15) is 0 Å². The van der Waals surface area contributed by atoms with Crippen molar-refractivity contribution in [3.63, 3.8) is 0 Å². The van der Waals surface area contributed by atoms with E-state index in [1.54, 1.807) is 0 Å². The van der Waals surface area contributed by atoms with Crippen molar-refractivity contribution in [2.24, 2.45) is 0 Å². The van der Waals surface area contributed by atoms with Crippen molar-refractivity contribution in [1.29, 1.82) is 0 Å². The van der Waals surface area contributed by atoms with E-state index in [-0.39, 0.29) is 0 Å². The molecule has 0 spiro atoms. The van der Waals surface area contributed by atoms with Crippen LogP contribution in [0.15, 0.2) is 36.5 Å². The fourth-order valence-corrected chi connectivity index (χ4v) is 3.07. The highest BCUT2D eigenvalue weighted by Gasteiger charge is 2.23. The number of aryl methyl sites for hydroxylation is 1. The molecule has 0 unspecified atom stereocenters. The van der Waals surface area contributed by atoms with Gasteiger partial charge < -0.3 is 0 Å². The van der Waals surface area contributed by atoms with E-state index in [4.69, 9.17) is 0 Å². The van der Waals surface area contributed by atoms with Gasteiger partial charge in [-0.3, -0.25) is 0 Å². The quantitative estimate of drug-likeness (QED) is 0.648. The number of pyridine rings is 1. The first-order chi connectivity index (χ1) is 8.36. The molecular formula is C16H20N+. The van der Waals surface area contributed by atoms with Crippen molar-refractivity contribution >= 4 is 10.9 Å². The Morgan fingerprint density at radius 2 is 1.76 bits per heavy atom. The van der Waals surface area contributed by atoms with E-state index < -0.39 is 0 Å². The highest BCUT2D eigenvalue weighted by molar-refractivity contribution is 5.78. The summed E-state index contributed by atoms with van der Waals surface area (Å²) in [6.07, 6.45) is 9.17. The third kappa shape index (κ3) is 1.95. The van der Waals surface area contributed by atoms with Crippen LogP contribution in [0.3, 0.4) is 0 Å². The van der Waals surface area contributed by atoms with Crippen molar-refractivity contribution in [3.8, 4) is 0 Å². The van der Waals surface area contributed by atoms with Crippen molar-refractivity contribution in [3.05, 3.63) is 42.1 Å². The number of fused-ring (bicyclic) bond motifs is 1. The summed E-state index contributed by atoms with van der Waals surface area (Å²) in [4.78, 5) is 0. The first-order valence-electron chi connectivity index (χ1n) is 6.76. The molecule has 0 atom stereocenters. The molecule has 1 saturated carbocycles. The molecule has 0 N–H and O–H groups in total.